The second kappa shape index (κ2) is 5.42. The van der Waals surface area contributed by atoms with Crippen LogP contribution in [0.25, 0.3) is 6.08 Å². The fourth-order valence-electron chi connectivity index (χ4n) is 1.28. The average molecular weight is 229 g/mol. The first-order chi connectivity index (χ1) is 8.27. The van der Waals surface area contributed by atoms with Gasteiger partial charge in [0.1, 0.15) is 0 Å². The zero-order valence-electron chi connectivity index (χ0n) is 9.67. The molecule has 1 unspecified atom stereocenters. The SMILES string of the molecule is [2H]/C(=C/c1ccccc1)S(=O)c1ccccc1. The van der Waals surface area contributed by atoms with E-state index < -0.39 is 10.8 Å². The van der Waals surface area contributed by atoms with E-state index in [0.717, 1.165) is 5.56 Å². The molecule has 0 N–H and O–H groups in total. The molecule has 2 heteroatoms. The van der Waals surface area contributed by atoms with Gasteiger partial charge in [-0.15, -0.1) is 0 Å². The van der Waals surface area contributed by atoms with Gasteiger partial charge in [0.15, 0.2) is 0 Å². The summed E-state index contributed by atoms with van der Waals surface area (Å²) in [6, 6.07) is 18.5. The molecule has 0 saturated heterocycles. The van der Waals surface area contributed by atoms with E-state index in [0.29, 0.717) is 4.90 Å². The minimum atomic E-state index is -1.40. The van der Waals surface area contributed by atoms with Crippen LogP contribution in [0.3, 0.4) is 0 Å². The second-order valence-electron chi connectivity index (χ2n) is 3.25. The van der Waals surface area contributed by atoms with E-state index in [1.54, 1.807) is 18.2 Å². The second-order valence-corrected chi connectivity index (χ2v) is 4.50. The van der Waals surface area contributed by atoms with Crippen LogP contribution in [0, 0.1) is 0 Å². The van der Waals surface area contributed by atoms with Crippen LogP contribution >= 0.6 is 0 Å². The summed E-state index contributed by atoms with van der Waals surface area (Å²) in [5.74, 6) is 0. The van der Waals surface area contributed by atoms with Crippen LogP contribution in [-0.2, 0) is 10.8 Å². The highest BCUT2D eigenvalue weighted by molar-refractivity contribution is 7.88. The van der Waals surface area contributed by atoms with E-state index in [-0.39, 0.29) is 5.38 Å². The van der Waals surface area contributed by atoms with Gasteiger partial charge in [-0.3, -0.25) is 0 Å². The van der Waals surface area contributed by atoms with E-state index in [4.69, 9.17) is 1.37 Å². The predicted octanol–water partition coefficient (Wildman–Crippen LogP) is 3.47. The first-order valence-electron chi connectivity index (χ1n) is 5.47. The highest BCUT2D eigenvalue weighted by Gasteiger charge is 1.96. The van der Waals surface area contributed by atoms with Crippen molar-refractivity contribution in [3.63, 3.8) is 0 Å². The highest BCUT2D eigenvalue weighted by Crippen LogP contribution is 2.09. The molecule has 2 aromatic carbocycles. The van der Waals surface area contributed by atoms with Crippen molar-refractivity contribution in [1.29, 1.82) is 0 Å². The molecule has 1 nitrogen and oxygen atoms in total. The smallest absolute Gasteiger partial charge is 0.0776 e. The summed E-state index contributed by atoms with van der Waals surface area (Å²) in [7, 11) is -1.40. The maximum Gasteiger partial charge on any atom is 0.0776 e. The third kappa shape index (κ3) is 2.91. The Morgan fingerprint density at radius 2 is 1.50 bits per heavy atom. The van der Waals surface area contributed by atoms with Gasteiger partial charge >= 0.3 is 0 Å². The Hall–Kier alpha value is -1.67. The lowest BCUT2D eigenvalue weighted by Gasteiger charge is -1.95. The lowest BCUT2D eigenvalue weighted by atomic mass is 10.2. The van der Waals surface area contributed by atoms with Crippen molar-refractivity contribution in [2.45, 2.75) is 4.90 Å². The first-order valence-corrected chi connectivity index (χ1v) is 6.12. The Kier molecular flexibility index (Phi) is 3.24. The molecule has 0 aromatic heterocycles. The van der Waals surface area contributed by atoms with Gasteiger partial charge in [-0.25, -0.2) is 4.21 Å². The van der Waals surface area contributed by atoms with Crippen molar-refractivity contribution in [3.8, 4) is 0 Å². The fraction of sp³-hybridized carbons (Fsp3) is 0. The van der Waals surface area contributed by atoms with Crippen LogP contribution < -0.4 is 0 Å². The minimum absolute atomic E-state index is 0.113. The summed E-state index contributed by atoms with van der Waals surface area (Å²) in [6.07, 6.45) is 1.63. The monoisotopic (exact) mass is 229 g/mol. The van der Waals surface area contributed by atoms with Gasteiger partial charge in [-0.05, 0) is 23.8 Å². The van der Waals surface area contributed by atoms with Crippen LogP contribution in [0.15, 0.2) is 70.9 Å². The highest BCUT2D eigenvalue weighted by atomic mass is 32.2. The maximum absolute atomic E-state index is 12.0. The quantitative estimate of drug-likeness (QED) is 0.787. The topological polar surface area (TPSA) is 17.1 Å². The molecule has 0 bridgehead atoms. The van der Waals surface area contributed by atoms with Crippen molar-refractivity contribution >= 4 is 16.9 Å². The summed E-state index contributed by atoms with van der Waals surface area (Å²) in [5.41, 5.74) is 0.891. The molecular formula is C14H12OS. The number of hydrogen-bond donors (Lipinski definition) is 0. The van der Waals surface area contributed by atoms with Crippen LogP contribution in [0.5, 0.6) is 0 Å². The first kappa shape index (κ1) is 9.55. The third-order valence-corrected chi connectivity index (χ3v) is 3.12. The molecule has 1 atom stereocenters. The summed E-state index contributed by atoms with van der Waals surface area (Å²) in [5, 5.41) is 0.113. The summed E-state index contributed by atoms with van der Waals surface area (Å²) >= 11 is 0. The van der Waals surface area contributed by atoms with Gasteiger partial charge in [0.05, 0.1) is 12.2 Å². The van der Waals surface area contributed by atoms with Gasteiger partial charge in [0, 0.05) is 10.3 Å². The fourth-order valence-corrected chi connectivity index (χ4v) is 2.07. The molecule has 0 aliphatic carbocycles. The number of hydrogen-bond acceptors (Lipinski definition) is 1. The summed E-state index contributed by atoms with van der Waals surface area (Å²) < 4.78 is 19.8. The molecule has 0 radical (unpaired) electrons. The zero-order chi connectivity index (χ0) is 12.1. The molecule has 2 rings (SSSR count). The van der Waals surface area contributed by atoms with E-state index in [1.165, 1.54) is 0 Å². The molecule has 0 aliphatic rings. The normalized spacial score (nSPS) is 14.2. The third-order valence-electron chi connectivity index (χ3n) is 2.09. The van der Waals surface area contributed by atoms with Gasteiger partial charge in [0.2, 0.25) is 0 Å². The Labute approximate surface area is 99.3 Å². The molecule has 16 heavy (non-hydrogen) atoms. The van der Waals surface area contributed by atoms with Crippen molar-refractivity contribution < 1.29 is 5.58 Å². The molecule has 0 amide bonds. The van der Waals surface area contributed by atoms with E-state index in [2.05, 4.69) is 0 Å². The number of benzene rings is 2. The summed E-state index contributed by atoms with van der Waals surface area (Å²) in [6.45, 7) is 0. The van der Waals surface area contributed by atoms with Gasteiger partial charge in [-0.2, -0.15) is 0 Å². The van der Waals surface area contributed by atoms with Crippen molar-refractivity contribution in [3.05, 3.63) is 71.6 Å². The van der Waals surface area contributed by atoms with Gasteiger partial charge < -0.3 is 0 Å². The van der Waals surface area contributed by atoms with E-state index >= 15 is 0 Å². The molecular weight excluding hydrogens is 216 g/mol. The zero-order valence-corrected chi connectivity index (χ0v) is 9.48. The Morgan fingerprint density at radius 1 is 0.938 bits per heavy atom. The molecule has 0 aliphatic heterocycles. The van der Waals surface area contributed by atoms with Crippen LogP contribution in [0.1, 0.15) is 6.93 Å². The molecule has 0 heterocycles. The van der Waals surface area contributed by atoms with E-state index in [1.807, 2.05) is 48.5 Å². The van der Waals surface area contributed by atoms with Crippen LogP contribution in [0.4, 0.5) is 0 Å². The molecule has 2 aromatic rings. The molecule has 0 fully saturated rings. The molecule has 80 valence electrons. The Bertz CT molecular complexity index is 535. The predicted molar refractivity (Wildman–Crippen MR) is 68.3 cm³/mol. The van der Waals surface area contributed by atoms with Crippen molar-refractivity contribution in [2.75, 3.05) is 0 Å². The van der Waals surface area contributed by atoms with Crippen molar-refractivity contribution in [1.82, 2.24) is 0 Å². The number of rotatable bonds is 3. The molecule has 0 saturated carbocycles. The maximum atomic E-state index is 12.0. The lowest BCUT2D eigenvalue weighted by molar-refractivity contribution is 0.688. The van der Waals surface area contributed by atoms with Gasteiger partial charge in [-0.1, -0.05) is 48.5 Å². The van der Waals surface area contributed by atoms with Crippen molar-refractivity contribution in [2.24, 2.45) is 0 Å². The van der Waals surface area contributed by atoms with Crippen LogP contribution in [0.2, 0.25) is 0 Å². The average Bonchev–Trinajstić information content (AvgIpc) is 2.40. The van der Waals surface area contributed by atoms with Gasteiger partial charge in [0.25, 0.3) is 0 Å². The largest absolute Gasteiger partial charge is 0.250 e. The Balaban J connectivity index is 2.24. The van der Waals surface area contributed by atoms with Crippen LogP contribution in [-0.4, -0.2) is 4.21 Å². The van der Waals surface area contributed by atoms with E-state index in [9.17, 15) is 4.21 Å². The molecule has 0 spiro atoms. The minimum Gasteiger partial charge on any atom is -0.250 e. The standard InChI is InChI=1S/C14H12OS/c15-16(14-9-5-2-6-10-14)12-11-13-7-3-1-4-8-13/h1-12H/b12-11-/i12D. The lowest BCUT2D eigenvalue weighted by Crippen LogP contribution is -1.84. The summed E-state index contributed by atoms with van der Waals surface area (Å²) in [4.78, 5) is 0.657. The Morgan fingerprint density at radius 3 is 2.12 bits per heavy atom.